The minimum atomic E-state index is -1.76. The second-order valence-corrected chi connectivity index (χ2v) is 17.5. The van der Waals surface area contributed by atoms with Gasteiger partial charge >= 0.3 is 5.97 Å². The molecular formula is C31H42ClNO3Si. The molecule has 1 fully saturated rings. The molecule has 0 atom stereocenters. The molecule has 4 rings (SSSR count). The van der Waals surface area contributed by atoms with Gasteiger partial charge in [0, 0.05) is 22.7 Å². The number of benzene rings is 2. The number of hydrogen-bond donors (Lipinski definition) is 1. The van der Waals surface area contributed by atoms with Gasteiger partial charge in [0.05, 0.1) is 7.11 Å². The lowest BCUT2D eigenvalue weighted by Crippen LogP contribution is -2.52. The van der Waals surface area contributed by atoms with Crippen molar-refractivity contribution < 1.29 is 14.0 Å². The van der Waals surface area contributed by atoms with E-state index in [-0.39, 0.29) is 16.4 Å². The quantitative estimate of drug-likeness (QED) is 0.208. The van der Waals surface area contributed by atoms with Gasteiger partial charge in [0.25, 0.3) is 0 Å². The summed E-state index contributed by atoms with van der Waals surface area (Å²) in [7, 11) is -0.280. The minimum absolute atomic E-state index is 0.0406. The SMILES string of the molecule is COC(=O)C1(Nc2cccc(Cl)c2)CCC2(CC1)C(CCCO[Si](C)(C)C(C)(C)C)=Cc1ccccc12. The highest BCUT2D eigenvalue weighted by atomic mass is 35.5. The summed E-state index contributed by atoms with van der Waals surface area (Å²) in [6.45, 7) is 12.3. The van der Waals surface area contributed by atoms with E-state index in [1.54, 1.807) is 0 Å². The largest absolute Gasteiger partial charge is 0.467 e. The molecule has 200 valence electrons. The molecule has 0 heterocycles. The molecule has 0 aliphatic heterocycles. The molecule has 0 amide bonds. The van der Waals surface area contributed by atoms with E-state index in [1.807, 2.05) is 24.3 Å². The van der Waals surface area contributed by atoms with Gasteiger partial charge in [-0.05, 0) is 86.0 Å². The van der Waals surface area contributed by atoms with E-state index < -0.39 is 13.9 Å². The van der Waals surface area contributed by atoms with Crippen LogP contribution in [0.15, 0.2) is 54.1 Å². The summed E-state index contributed by atoms with van der Waals surface area (Å²) in [5.41, 5.74) is 4.24. The number of rotatable bonds is 8. The first-order valence-electron chi connectivity index (χ1n) is 13.5. The molecule has 1 spiro atoms. The highest BCUT2D eigenvalue weighted by Crippen LogP contribution is 2.54. The molecule has 0 radical (unpaired) electrons. The van der Waals surface area contributed by atoms with Crippen molar-refractivity contribution in [1.29, 1.82) is 0 Å². The van der Waals surface area contributed by atoms with E-state index in [2.05, 4.69) is 69.5 Å². The fraction of sp³-hybridized carbons (Fsp3) is 0.516. The Hall–Kier alpha value is -2.08. The summed E-state index contributed by atoms with van der Waals surface area (Å²) in [4.78, 5) is 13.1. The Kier molecular flexibility index (Phi) is 7.99. The lowest BCUT2D eigenvalue weighted by Gasteiger charge is -2.46. The molecule has 0 aromatic heterocycles. The Bertz CT molecular complexity index is 1160. The zero-order valence-electron chi connectivity index (χ0n) is 23.2. The molecule has 2 aliphatic rings. The molecule has 2 aliphatic carbocycles. The Morgan fingerprint density at radius 2 is 1.76 bits per heavy atom. The monoisotopic (exact) mass is 539 g/mol. The van der Waals surface area contributed by atoms with Gasteiger partial charge in [-0.1, -0.05) is 74.4 Å². The van der Waals surface area contributed by atoms with Crippen LogP contribution in [-0.2, 0) is 19.4 Å². The number of fused-ring (bicyclic) bond motifs is 2. The number of hydrogen-bond acceptors (Lipinski definition) is 4. The summed E-state index contributed by atoms with van der Waals surface area (Å²) in [6, 6.07) is 16.3. The number of carbonyl (C=O) groups is 1. The van der Waals surface area contributed by atoms with Crippen molar-refractivity contribution in [2.45, 2.75) is 88.4 Å². The Labute approximate surface area is 228 Å². The van der Waals surface area contributed by atoms with Crippen molar-refractivity contribution in [1.82, 2.24) is 0 Å². The maximum atomic E-state index is 13.1. The smallest absolute Gasteiger partial charge is 0.331 e. The zero-order valence-corrected chi connectivity index (χ0v) is 25.0. The molecule has 6 heteroatoms. The molecule has 2 aromatic carbocycles. The highest BCUT2D eigenvalue weighted by molar-refractivity contribution is 6.74. The second kappa shape index (κ2) is 10.6. The Morgan fingerprint density at radius 1 is 1.05 bits per heavy atom. The van der Waals surface area contributed by atoms with Crippen LogP contribution in [0.5, 0.6) is 0 Å². The normalized spacial score (nSPS) is 23.5. The van der Waals surface area contributed by atoms with Crippen LogP contribution in [0, 0.1) is 0 Å². The van der Waals surface area contributed by atoms with E-state index in [1.165, 1.54) is 23.8 Å². The number of allylic oxidation sites excluding steroid dienone is 1. The number of nitrogens with one attached hydrogen (secondary N) is 1. The van der Waals surface area contributed by atoms with Crippen LogP contribution < -0.4 is 5.32 Å². The number of methoxy groups -OCH3 is 1. The van der Waals surface area contributed by atoms with Gasteiger partial charge in [-0.2, -0.15) is 0 Å². The fourth-order valence-electron chi connectivity index (χ4n) is 5.79. The van der Waals surface area contributed by atoms with E-state index in [4.69, 9.17) is 20.8 Å². The zero-order chi connectivity index (χ0) is 26.9. The lowest BCUT2D eigenvalue weighted by atomic mass is 9.61. The van der Waals surface area contributed by atoms with Crippen LogP contribution in [-0.4, -0.2) is 33.5 Å². The number of halogens is 1. The van der Waals surface area contributed by atoms with Crippen LogP contribution in [0.2, 0.25) is 23.2 Å². The lowest BCUT2D eigenvalue weighted by molar-refractivity contribution is -0.147. The van der Waals surface area contributed by atoms with Gasteiger partial charge in [0.2, 0.25) is 0 Å². The van der Waals surface area contributed by atoms with Crippen LogP contribution >= 0.6 is 11.6 Å². The number of ether oxygens (including phenoxy) is 1. The van der Waals surface area contributed by atoms with E-state index in [0.29, 0.717) is 17.9 Å². The van der Waals surface area contributed by atoms with Gasteiger partial charge in [-0.25, -0.2) is 4.79 Å². The first kappa shape index (κ1) is 27.9. The topological polar surface area (TPSA) is 47.6 Å². The van der Waals surface area contributed by atoms with Gasteiger partial charge in [0.1, 0.15) is 5.54 Å². The van der Waals surface area contributed by atoms with Gasteiger partial charge in [-0.15, -0.1) is 0 Å². The van der Waals surface area contributed by atoms with E-state index in [0.717, 1.165) is 38.0 Å². The maximum Gasteiger partial charge on any atom is 0.331 e. The van der Waals surface area contributed by atoms with Crippen LogP contribution in [0.1, 0.15) is 70.4 Å². The van der Waals surface area contributed by atoms with Gasteiger partial charge in [-0.3, -0.25) is 0 Å². The van der Waals surface area contributed by atoms with Crippen molar-refractivity contribution in [2.75, 3.05) is 19.0 Å². The van der Waals surface area contributed by atoms with Crippen molar-refractivity contribution in [3.63, 3.8) is 0 Å². The molecule has 0 saturated heterocycles. The first-order chi connectivity index (χ1) is 17.4. The molecule has 4 nitrogen and oxygen atoms in total. The number of carbonyl (C=O) groups excluding carboxylic acids is 1. The number of esters is 1. The first-order valence-corrected chi connectivity index (χ1v) is 16.8. The third-order valence-electron chi connectivity index (χ3n) is 9.02. The minimum Gasteiger partial charge on any atom is -0.467 e. The average molecular weight is 540 g/mol. The Balaban J connectivity index is 1.53. The van der Waals surface area contributed by atoms with Crippen molar-refractivity contribution >= 4 is 37.7 Å². The summed E-state index contributed by atoms with van der Waals surface area (Å²) in [5.74, 6) is -0.207. The predicted molar refractivity (Wildman–Crippen MR) is 157 cm³/mol. The van der Waals surface area contributed by atoms with Crippen molar-refractivity contribution in [3.8, 4) is 0 Å². The molecular weight excluding hydrogens is 498 g/mol. The average Bonchev–Trinajstić information content (AvgIpc) is 3.15. The summed E-state index contributed by atoms with van der Waals surface area (Å²) >= 11 is 6.24. The Morgan fingerprint density at radius 3 is 2.41 bits per heavy atom. The summed E-state index contributed by atoms with van der Waals surface area (Å²) in [5, 5.41) is 4.38. The van der Waals surface area contributed by atoms with Crippen LogP contribution in [0.4, 0.5) is 5.69 Å². The van der Waals surface area contributed by atoms with Crippen LogP contribution in [0.25, 0.3) is 6.08 Å². The third kappa shape index (κ3) is 5.55. The maximum absolute atomic E-state index is 13.1. The predicted octanol–water partition coefficient (Wildman–Crippen LogP) is 8.37. The van der Waals surface area contributed by atoms with Crippen LogP contribution in [0.3, 0.4) is 0 Å². The van der Waals surface area contributed by atoms with Crippen molar-refractivity contribution in [3.05, 3.63) is 70.3 Å². The molecule has 1 saturated carbocycles. The summed E-state index contributed by atoms with van der Waals surface area (Å²) < 4.78 is 11.8. The molecule has 2 aromatic rings. The van der Waals surface area contributed by atoms with E-state index in [9.17, 15) is 4.79 Å². The number of anilines is 1. The molecule has 37 heavy (non-hydrogen) atoms. The van der Waals surface area contributed by atoms with Gasteiger partial charge < -0.3 is 14.5 Å². The molecule has 1 N–H and O–H groups in total. The standard InChI is InChI=1S/C31H42ClNO3Si/c1-29(2,3)37(5,6)36-20-10-12-24-21-23-11-7-8-15-27(23)30(24)16-18-31(19-17-30,28(34)35-4)33-26-14-9-13-25(32)22-26/h7-9,11,13-15,21-22,33H,10,12,16-20H2,1-6H3. The third-order valence-corrected chi connectivity index (χ3v) is 13.8. The fourth-order valence-corrected chi connectivity index (χ4v) is 7.07. The summed E-state index contributed by atoms with van der Waals surface area (Å²) in [6.07, 6.45) is 7.59. The second-order valence-electron chi connectivity index (χ2n) is 12.3. The van der Waals surface area contributed by atoms with E-state index >= 15 is 0 Å². The molecule has 0 bridgehead atoms. The van der Waals surface area contributed by atoms with Gasteiger partial charge in [0.15, 0.2) is 8.32 Å². The van der Waals surface area contributed by atoms with Crippen molar-refractivity contribution in [2.24, 2.45) is 0 Å². The molecule has 0 unspecified atom stereocenters. The highest BCUT2D eigenvalue weighted by Gasteiger charge is 2.51.